The summed E-state index contributed by atoms with van der Waals surface area (Å²) in [5.41, 5.74) is 0. The van der Waals surface area contributed by atoms with Gasteiger partial charge in [-0.25, -0.2) is 4.99 Å². The molecule has 2 fully saturated rings. The second-order valence-corrected chi connectivity index (χ2v) is 7.78. The van der Waals surface area contributed by atoms with Gasteiger partial charge in [-0.15, -0.1) is 0 Å². The fraction of sp³-hybridized carbons (Fsp3) is 0.889. The Morgan fingerprint density at radius 2 is 2.00 bits per heavy atom. The standard InChI is InChI=1S/C18H34N4O3/c1-13(2)21-17(20-11-16(23)22(4)5)19-10-15-12-24-18(25-15)8-6-14(3)7-9-18/h13-15H,6-12H2,1-5H3,(H2,19,20,21). The second kappa shape index (κ2) is 8.85. The van der Waals surface area contributed by atoms with Crippen LogP contribution in [-0.4, -0.2) is 68.5 Å². The smallest absolute Gasteiger partial charge is 0.243 e. The van der Waals surface area contributed by atoms with Gasteiger partial charge in [-0.3, -0.25) is 4.79 Å². The van der Waals surface area contributed by atoms with Crippen LogP contribution in [0.5, 0.6) is 0 Å². The van der Waals surface area contributed by atoms with Crippen LogP contribution in [0.15, 0.2) is 4.99 Å². The number of likely N-dealkylation sites (N-methyl/N-ethyl adjacent to an activating group) is 1. The lowest BCUT2D eigenvalue weighted by Crippen LogP contribution is -2.45. The van der Waals surface area contributed by atoms with Crippen molar-refractivity contribution in [2.24, 2.45) is 10.9 Å². The highest BCUT2D eigenvalue weighted by molar-refractivity contribution is 5.84. The van der Waals surface area contributed by atoms with E-state index in [0.29, 0.717) is 19.1 Å². The van der Waals surface area contributed by atoms with Crippen LogP contribution < -0.4 is 10.6 Å². The molecule has 2 N–H and O–H groups in total. The molecule has 1 amide bonds. The van der Waals surface area contributed by atoms with Gasteiger partial charge in [0.25, 0.3) is 0 Å². The van der Waals surface area contributed by atoms with Crippen molar-refractivity contribution >= 4 is 11.9 Å². The molecule has 0 aromatic rings. The van der Waals surface area contributed by atoms with Crippen molar-refractivity contribution in [2.45, 2.75) is 64.4 Å². The molecule has 0 bridgehead atoms. The monoisotopic (exact) mass is 354 g/mol. The Hall–Kier alpha value is -1.34. The lowest BCUT2D eigenvalue weighted by atomic mass is 9.86. The van der Waals surface area contributed by atoms with Crippen LogP contribution >= 0.6 is 0 Å². The zero-order chi connectivity index (χ0) is 18.4. The molecule has 1 aliphatic heterocycles. The molecule has 25 heavy (non-hydrogen) atoms. The summed E-state index contributed by atoms with van der Waals surface area (Å²) < 4.78 is 12.2. The van der Waals surface area contributed by atoms with Gasteiger partial charge in [0, 0.05) is 39.5 Å². The van der Waals surface area contributed by atoms with E-state index in [0.717, 1.165) is 31.6 Å². The molecule has 2 aliphatic rings. The average molecular weight is 354 g/mol. The van der Waals surface area contributed by atoms with Gasteiger partial charge >= 0.3 is 0 Å². The van der Waals surface area contributed by atoms with E-state index in [1.165, 1.54) is 4.90 Å². The van der Waals surface area contributed by atoms with Crippen LogP contribution in [0.3, 0.4) is 0 Å². The molecular weight excluding hydrogens is 320 g/mol. The molecule has 0 aromatic heterocycles. The summed E-state index contributed by atoms with van der Waals surface area (Å²) in [7, 11) is 3.46. The number of nitrogens with one attached hydrogen (secondary N) is 2. The summed E-state index contributed by atoms with van der Waals surface area (Å²) in [5, 5.41) is 6.53. The van der Waals surface area contributed by atoms with E-state index in [-0.39, 0.29) is 30.4 Å². The summed E-state index contributed by atoms with van der Waals surface area (Å²) in [6.07, 6.45) is 4.29. The minimum atomic E-state index is -0.372. The average Bonchev–Trinajstić information content (AvgIpc) is 2.95. The van der Waals surface area contributed by atoms with Gasteiger partial charge in [-0.05, 0) is 32.6 Å². The van der Waals surface area contributed by atoms with Crippen LogP contribution in [-0.2, 0) is 14.3 Å². The van der Waals surface area contributed by atoms with E-state index in [1.807, 2.05) is 13.8 Å². The Morgan fingerprint density at radius 1 is 1.32 bits per heavy atom. The number of carbonyl (C=O) groups is 1. The number of nitrogens with zero attached hydrogens (tertiary/aromatic N) is 2. The van der Waals surface area contributed by atoms with Crippen LogP contribution in [0.25, 0.3) is 0 Å². The summed E-state index contributed by atoms with van der Waals surface area (Å²) in [6.45, 7) is 7.71. The van der Waals surface area contributed by atoms with Crippen molar-refractivity contribution in [1.82, 2.24) is 15.5 Å². The Balaban J connectivity index is 1.84. The van der Waals surface area contributed by atoms with Gasteiger partial charge in [0.15, 0.2) is 11.7 Å². The Bertz CT molecular complexity index is 471. The highest BCUT2D eigenvalue weighted by atomic mass is 16.7. The van der Waals surface area contributed by atoms with Crippen LogP contribution in [0, 0.1) is 5.92 Å². The molecule has 1 heterocycles. The molecule has 1 spiro atoms. The number of amides is 1. The SMILES string of the molecule is CC1CCC2(CC1)OCC(CNC(=NCC(=O)N(C)C)NC(C)C)O2. The zero-order valence-electron chi connectivity index (χ0n) is 16.3. The van der Waals surface area contributed by atoms with Crippen LogP contribution in [0.4, 0.5) is 0 Å². The zero-order valence-corrected chi connectivity index (χ0v) is 16.3. The lowest BCUT2D eigenvalue weighted by molar-refractivity contribution is -0.191. The van der Waals surface area contributed by atoms with E-state index in [4.69, 9.17) is 9.47 Å². The molecule has 144 valence electrons. The number of guanidine groups is 1. The number of rotatable bonds is 5. The molecule has 0 aromatic carbocycles. The van der Waals surface area contributed by atoms with Crippen molar-refractivity contribution in [2.75, 3.05) is 33.8 Å². The molecule has 1 unspecified atom stereocenters. The predicted molar refractivity (Wildman–Crippen MR) is 98.5 cm³/mol. The van der Waals surface area contributed by atoms with Crippen molar-refractivity contribution in [3.63, 3.8) is 0 Å². The lowest BCUT2D eigenvalue weighted by Gasteiger charge is -2.34. The third-order valence-electron chi connectivity index (χ3n) is 4.74. The minimum absolute atomic E-state index is 0.0112. The van der Waals surface area contributed by atoms with Gasteiger partial charge in [-0.1, -0.05) is 6.92 Å². The number of aliphatic imine (C=N–C) groups is 1. The summed E-state index contributed by atoms with van der Waals surface area (Å²) >= 11 is 0. The van der Waals surface area contributed by atoms with E-state index in [1.54, 1.807) is 14.1 Å². The summed E-state index contributed by atoms with van der Waals surface area (Å²) in [5.74, 6) is 0.994. The minimum Gasteiger partial charge on any atom is -0.354 e. The Labute approximate surface area is 151 Å². The van der Waals surface area contributed by atoms with E-state index >= 15 is 0 Å². The molecule has 1 aliphatic carbocycles. The number of hydrogen-bond donors (Lipinski definition) is 2. The number of hydrogen-bond acceptors (Lipinski definition) is 4. The molecule has 1 saturated carbocycles. The first-order valence-electron chi connectivity index (χ1n) is 9.36. The maximum atomic E-state index is 11.7. The van der Waals surface area contributed by atoms with Crippen molar-refractivity contribution in [3.8, 4) is 0 Å². The van der Waals surface area contributed by atoms with Gasteiger partial charge in [0.2, 0.25) is 5.91 Å². The van der Waals surface area contributed by atoms with E-state index in [9.17, 15) is 4.79 Å². The van der Waals surface area contributed by atoms with Crippen molar-refractivity contribution in [1.29, 1.82) is 0 Å². The van der Waals surface area contributed by atoms with Crippen molar-refractivity contribution in [3.05, 3.63) is 0 Å². The Kier molecular flexibility index (Phi) is 7.07. The first-order valence-corrected chi connectivity index (χ1v) is 9.36. The van der Waals surface area contributed by atoms with E-state index < -0.39 is 0 Å². The van der Waals surface area contributed by atoms with Gasteiger partial charge < -0.3 is 25.0 Å². The summed E-state index contributed by atoms with van der Waals surface area (Å²) in [4.78, 5) is 17.6. The number of carbonyl (C=O) groups excluding carboxylic acids is 1. The Morgan fingerprint density at radius 3 is 2.60 bits per heavy atom. The normalized spacial score (nSPS) is 29.9. The topological polar surface area (TPSA) is 75.2 Å². The second-order valence-electron chi connectivity index (χ2n) is 7.78. The number of ether oxygens (including phenoxy) is 2. The maximum Gasteiger partial charge on any atom is 0.243 e. The molecule has 0 radical (unpaired) electrons. The van der Waals surface area contributed by atoms with Gasteiger partial charge in [0.05, 0.1) is 6.61 Å². The first kappa shape index (κ1) is 20.0. The maximum absolute atomic E-state index is 11.7. The largest absolute Gasteiger partial charge is 0.354 e. The third-order valence-corrected chi connectivity index (χ3v) is 4.74. The molecule has 2 rings (SSSR count). The third kappa shape index (κ3) is 6.15. The highest BCUT2D eigenvalue weighted by Gasteiger charge is 2.43. The quantitative estimate of drug-likeness (QED) is 0.576. The van der Waals surface area contributed by atoms with E-state index in [2.05, 4.69) is 22.5 Å². The van der Waals surface area contributed by atoms with Gasteiger partial charge in [0.1, 0.15) is 12.6 Å². The molecule has 7 heteroatoms. The molecule has 1 atom stereocenters. The highest BCUT2D eigenvalue weighted by Crippen LogP contribution is 2.39. The van der Waals surface area contributed by atoms with Crippen LogP contribution in [0.1, 0.15) is 46.5 Å². The van der Waals surface area contributed by atoms with Crippen LogP contribution in [0.2, 0.25) is 0 Å². The first-order chi connectivity index (χ1) is 11.8. The fourth-order valence-corrected chi connectivity index (χ4v) is 3.11. The fourth-order valence-electron chi connectivity index (χ4n) is 3.11. The van der Waals surface area contributed by atoms with Gasteiger partial charge in [-0.2, -0.15) is 0 Å². The molecule has 1 saturated heterocycles. The molecular formula is C18H34N4O3. The summed E-state index contributed by atoms with van der Waals surface area (Å²) in [6, 6.07) is 0.229. The van der Waals surface area contributed by atoms with Crippen molar-refractivity contribution < 1.29 is 14.3 Å². The predicted octanol–water partition coefficient (Wildman–Crippen LogP) is 1.34. The molecule has 7 nitrogen and oxygen atoms in total.